The number of rotatable bonds is 3. The average Bonchev–Trinajstić information content (AvgIpc) is 2.20. The number of esters is 1. The van der Waals surface area contributed by atoms with E-state index >= 15 is 0 Å². The Labute approximate surface area is 90.5 Å². The molecule has 15 heavy (non-hydrogen) atoms. The first-order chi connectivity index (χ1) is 7.00. The Balaban J connectivity index is 2.66. The van der Waals surface area contributed by atoms with Crippen LogP contribution in [0.15, 0.2) is 24.3 Å². The second-order valence-corrected chi connectivity index (χ2v) is 4.36. The Kier molecular flexibility index (Phi) is 3.99. The van der Waals surface area contributed by atoms with Gasteiger partial charge in [0.1, 0.15) is 11.0 Å². The fourth-order valence-electron chi connectivity index (χ4n) is 0.884. The summed E-state index contributed by atoms with van der Waals surface area (Å²) in [5.74, 6) is -0.421. The lowest BCUT2D eigenvalue weighted by molar-refractivity contribution is -0.133. The quantitative estimate of drug-likeness (QED) is 0.441. The maximum atomic E-state index is 11.2. The molecular weight excluding hydrogens is 216 g/mol. The van der Waals surface area contributed by atoms with Gasteiger partial charge in [-0.2, -0.15) is 0 Å². The highest BCUT2D eigenvalue weighted by molar-refractivity contribution is 7.80. The fourth-order valence-corrected chi connectivity index (χ4v) is 1.09. The summed E-state index contributed by atoms with van der Waals surface area (Å²) in [4.78, 5) is 11.2. The Morgan fingerprint density at radius 2 is 1.93 bits per heavy atom. The van der Waals surface area contributed by atoms with E-state index < -0.39 is 22.3 Å². The summed E-state index contributed by atoms with van der Waals surface area (Å²) in [6.07, 6.45) is 0. The van der Waals surface area contributed by atoms with Gasteiger partial charge in [-0.15, -0.1) is 0 Å². The molecule has 82 valence electrons. The summed E-state index contributed by atoms with van der Waals surface area (Å²) in [7, 11) is 0. The van der Waals surface area contributed by atoms with Crippen LogP contribution < -0.4 is 4.74 Å². The normalized spacial score (nSPS) is 14.3. The number of carbonyl (C=O) groups excluding carboxylic acids is 1. The van der Waals surface area contributed by atoms with Gasteiger partial charge < -0.3 is 9.29 Å². The Morgan fingerprint density at radius 3 is 2.40 bits per heavy atom. The van der Waals surface area contributed by atoms with E-state index in [-0.39, 0.29) is 0 Å². The van der Waals surface area contributed by atoms with Crippen LogP contribution in [0.4, 0.5) is 0 Å². The van der Waals surface area contributed by atoms with Crippen LogP contribution in [0.5, 0.6) is 5.75 Å². The highest BCUT2D eigenvalue weighted by Gasteiger charge is 2.15. The highest BCUT2D eigenvalue weighted by Crippen LogP contribution is 2.12. The molecule has 0 spiro atoms. The molecule has 2 unspecified atom stereocenters. The van der Waals surface area contributed by atoms with Crippen molar-refractivity contribution in [1.82, 2.24) is 0 Å². The lowest BCUT2D eigenvalue weighted by Crippen LogP contribution is -2.26. The molecule has 0 saturated carbocycles. The molecular formula is C10H11O4S-. The lowest BCUT2D eigenvalue weighted by Gasteiger charge is -2.13. The number of aryl methyl sites for hydroxylation is 1. The molecule has 1 aromatic rings. The Morgan fingerprint density at radius 1 is 1.40 bits per heavy atom. The van der Waals surface area contributed by atoms with Crippen LogP contribution in [0.1, 0.15) is 12.5 Å². The first-order valence-electron chi connectivity index (χ1n) is 4.37. The van der Waals surface area contributed by atoms with Gasteiger partial charge in [0.15, 0.2) is 0 Å². The zero-order chi connectivity index (χ0) is 11.4. The minimum atomic E-state index is -2.44. The molecule has 4 nitrogen and oxygen atoms in total. The summed E-state index contributed by atoms with van der Waals surface area (Å²) < 4.78 is 25.8. The molecule has 0 aromatic heterocycles. The van der Waals surface area contributed by atoms with Crippen molar-refractivity contribution < 1.29 is 18.3 Å². The molecule has 1 aromatic carbocycles. The van der Waals surface area contributed by atoms with Gasteiger partial charge in [-0.25, -0.2) is 0 Å². The average molecular weight is 227 g/mol. The van der Waals surface area contributed by atoms with Gasteiger partial charge in [0.2, 0.25) is 0 Å². The first-order valence-corrected chi connectivity index (χ1v) is 5.51. The predicted molar refractivity (Wildman–Crippen MR) is 55.2 cm³/mol. The predicted octanol–water partition coefficient (Wildman–Crippen LogP) is 1.17. The van der Waals surface area contributed by atoms with E-state index in [4.69, 9.17) is 4.74 Å². The topological polar surface area (TPSA) is 66.4 Å². The second kappa shape index (κ2) is 5.04. The molecule has 0 aliphatic heterocycles. The molecule has 1 rings (SSSR count). The van der Waals surface area contributed by atoms with Crippen molar-refractivity contribution in [3.8, 4) is 5.75 Å². The fraction of sp³-hybridized carbons (Fsp3) is 0.300. The van der Waals surface area contributed by atoms with E-state index in [1.165, 1.54) is 6.92 Å². The highest BCUT2D eigenvalue weighted by atomic mass is 32.2. The molecule has 2 atom stereocenters. The zero-order valence-corrected chi connectivity index (χ0v) is 9.24. The summed E-state index contributed by atoms with van der Waals surface area (Å²) in [6.45, 7) is 3.18. The smallest absolute Gasteiger partial charge is 0.325 e. The third kappa shape index (κ3) is 3.45. The molecule has 0 heterocycles. The molecule has 5 heteroatoms. The number of ether oxygens (including phenoxy) is 1. The summed E-state index contributed by atoms with van der Waals surface area (Å²) >= 11 is -2.44. The number of hydrogen-bond acceptors (Lipinski definition) is 4. The number of benzene rings is 1. The van der Waals surface area contributed by atoms with Crippen LogP contribution in [0.2, 0.25) is 0 Å². The van der Waals surface area contributed by atoms with E-state index in [1.54, 1.807) is 24.3 Å². The largest absolute Gasteiger partial charge is 0.772 e. The molecule has 0 radical (unpaired) electrons. The lowest BCUT2D eigenvalue weighted by atomic mass is 10.2. The number of hydrogen-bond donors (Lipinski definition) is 0. The standard InChI is InChI=1S/C10H12O4S/c1-7-3-5-9(6-4-7)14-10(11)8(2)15(12)13/h3-6,8H,1-2H3,(H,12,13)/p-1. The van der Waals surface area contributed by atoms with Crippen molar-refractivity contribution >= 4 is 17.0 Å². The van der Waals surface area contributed by atoms with Crippen molar-refractivity contribution in [3.05, 3.63) is 29.8 Å². The zero-order valence-electron chi connectivity index (χ0n) is 8.43. The van der Waals surface area contributed by atoms with Gasteiger partial charge in [0, 0.05) is 0 Å². The number of carbonyl (C=O) groups is 1. The van der Waals surface area contributed by atoms with Crippen LogP contribution in [-0.2, 0) is 15.9 Å². The van der Waals surface area contributed by atoms with Crippen LogP contribution >= 0.6 is 0 Å². The molecule has 0 amide bonds. The second-order valence-electron chi connectivity index (χ2n) is 3.14. The summed E-state index contributed by atoms with van der Waals surface area (Å²) in [6, 6.07) is 6.80. The Bertz CT molecular complexity index is 372. The monoisotopic (exact) mass is 227 g/mol. The van der Waals surface area contributed by atoms with Crippen molar-refractivity contribution in [2.75, 3.05) is 0 Å². The molecule has 0 N–H and O–H groups in total. The van der Waals surface area contributed by atoms with Gasteiger partial charge in [-0.1, -0.05) is 17.7 Å². The Hall–Kier alpha value is -1.20. The van der Waals surface area contributed by atoms with E-state index in [0.29, 0.717) is 5.75 Å². The molecule has 0 bridgehead atoms. The van der Waals surface area contributed by atoms with Crippen molar-refractivity contribution in [3.63, 3.8) is 0 Å². The van der Waals surface area contributed by atoms with Crippen LogP contribution in [0.25, 0.3) is 0 Å². The minimum Gasteiger partial charge on any atom is -0.772 e. The van der Waals surface area contributed by atoms with Gasteiger partial charge in [0.05, 0.1) is 0 Å². The maximum Gasteiger partial charge on any atom is 0.325 e. The molecule has 0 saturated heterocycles. The third-order valence-corrected chi connectivity index (χ3v) is 2.63. The van der Waals surface area contributed by atoms with E-state index in [9.17, 15) is 13.6 Å². The van der Waals surface area contributed by atoms with E-state index in [2.05, 4.69) is 0 Å². The summed E-state index contributed by atoms with van der Waals surface area (Å²) in [5, 5.41) is -1.15. The van der Waals surface area contributed by atoms with Gasteiger partial charge in [-0.05, 0) is 37.1 Å². The van der Waals surface area contributed by atoms with Gasteiger partial charge >= 0.3 is 5.97 Å². The van der Waals surface area contributed by atoms with Crippen molar-refractivity contribution in [2.24, 2.45) is 0 Å². The van der Waals surface area contributed by atoms with Gasteiger partial charge in [-0.3, -0.25) is 9.00 Å². The first kappa shape index (κ1) is 11.9. The minimum absolute atomic E-state index is 0.350. The molecule has 0 fully saturated rings. The maximum absolute atomic E-state index is 11.2. The third-order valence-electron chi connectivity index (χ3n) is 1.86. The van der Waals surface area contributed by atoms with Gasteiger partial charge in [0.25, 0.3) is 0 Å². The van der Waals surface area contributed by atoms with Crippen molar-refractivity contribution in [2.45, 2.75) is 19.1 Å². The molecule has 0 aliphatic rings. The van der Waals surface area contributed by atoms with E-state index in [0.717, 1.165) is 5.56 Å². The van der Waals surface area contributed by atoms with E-state index in [1.807, 2.05) is 6.92 Å². The molecule has 0 aliphatic carbocycles. The van der Waals surface area contributed by atoms with Crippen molar-refractivity contribution in [1.29, 1.82) is 0 Å². The van der Waals surface area contributed by atoms with Crippen LogP contribution in [-0.4, -0.2) is 20.0 Å². The van der Waals surface area contributed by atoms with Crippen LogP contribution in [0, 0.1) is 6.92 Å². The van der Waals surface area contributed by atoms with Crippen LogP contribution in [0.3, 0.4) is 0 Å². The SMILES string of the molecule is Cc1ccc(OC(=O)C(C)S(=O)[O-])cc1. The summed E-state index contributed by atoms with van der Waals surface area (Å²) in [5.41, 5.74) is 1.04.